The van der Waals surface area contributed by atoms with Crippen molar-refractivity contribution in [3.05, 3.63) is 0 Å². The Bertz CT molecular complexity index is 275. The average Bonchev–Trinajstić information content (AvgIpc) is 2.59. The summed E-state index contributed by atoms with van der Waals surface area (Å²) >= 11 is 0. The van der Waals surface area contributed by atoms with Crippen molar-refractivity contribution in [2.24, 2.45) is 11.8 Å². The van der Waals surface area contributed by atoms with Gasteiger partial charge >= 0.3 is 0 Å². The van der Waals surface area contributed by atoms with E-state index in [-0.39, 0.29) is 17.7 Å². The number of hydrogen-bond donors (Lipinski definition) is 0. The Kier molecular flexibility index (Phi) is 1.03. The van der Waals surface area contributed by atoms with Crippen LogP contribution in [-0.4, -0.2) is 42.4 Å². The summed E-state index contributed by atoms with van der Waals surface area (Å²) in [5, 5.41) is 0. The Morgan fingerprint density at radius 2 is 2.17 bits per heavy atom. The fraction of sp³-hybridized carbons (Fsp3) is 0.750. The molecule has 0 aromatic carbocycles. The summed E-state index contributed by atoms with van der Waals surface area (Å²) in [5.41, 5.74) is 0. The molecule has 3 atom stereocenters. The molecule has 3 saturated heterocycles. The monoisotopic (exact) mass is 167 g/mol. The van der Waals surface area contributed by atoms with E-state index in [2.05, 4.69) is 0 Å². The maximum atomic E-state index is 11.1. The van der Waals surface area contributed by atoms with Crippen molar-refractivity contribution in [1.29, 1.82) is 0 Å². The highest BCUT2D eigenvalue weighted by Crippen LogP contribution is 2.40. The summed E-state index contributed by atoms with van der Waals surface area (Å²) in [4.78, 5) is 23.8. The highest BCUT2D eigenvalue weighted by molar-refractivity contribution is 6.44. The van der Waals surface area contributed by atoms with E-state index >= 15 is 0 Å². The van der Waals surface area contributed by atoms with Crippen LogP contribution in [0.2, 0.25) is 0 Å². The van der Waals surface area contributed by atoms with Crippen molar-refractivity contribution in [2.75, 3.05) is 19.8 Å². The average molecular weight is 167 g/mol. The number of nitrogens with zero attached hydrogens (tertiary/aromatic N) is 1. The number of Topliss-reactive ketones (excluding diaryl/α,β-unsaturated/α-hetero) is 1. The van der Waals surface area contributed by atoms with Gasteiger partial charge in [-0.25, -0.2) is 0 Å². The van der Waals surface area contributed by atoms with Crippen LogP contribution in [0.4, 0.5) is 0 Å². The smallest absolute Gasteiger partial charge is 0.292 e. The van der Waals surface area contributed by atoms with Crippen molar-refractivity contribution in [3.63, 3.8) is 0 Å². The number of rotatable bonds is 0. The Labute approximate surface area is 69.5 Å². The third kappa shape index (κ3) is 0.545. The van der Waals surface area contributed by atoms with Crippen molar-refractivity contribution in [3.8, 4) is 0 Å². The molecule has 0 aromatic rings. The van der Waals surface area contributed by atoms with E-state index in [1.807, 2.05) is 0 Å². The third-order valence-corrected chi connectivity index (χ3v) is 3.16. The molecular formula is C8H9NO3. The van der Waals surface area contributed by atoms with Crippen molar-refractivity contribution >= 4 is 11.7 Å². The fourth-order valence-electron chi connectivity index (χ4n) is 2.50. The molecule has 3 aliphatic heterocycles. The van der Waals surface area contributed by atoms with Gasteiger partial charge in [-0.2, -0.15) is 0 Å². The molecule has 64 valence electrons. The van der Waals surface area contributed by atoms with Gasteiger partial charge in [-0.05, 0) is 0 Å². The van der Waals surface area contributed by atoms with Gasteiger partial charge in [-0.1, -0.05) is 0 Å². The lowest BCUT2D eigenvalue weighted by Crippen LogP contribution is -2.60. The van der Waals surface area contributed by atoms with E-state index in [1.165, 1.54) is 0 Å². The van der Waals surface area contributed by atoms with Crippen LogP contribution in [0.25, 0.3) is 0 Å². The summed E-state index contributed by atoms with van der Waals surface area (Å²) in [6, 6.07) is -0.120. The summed E-state index contributed by atoms with van der Waals surface area (Å²) in [6.45, 7) is 2.11. The number of ether oxygens (including phenoxy) is 1. The Morgan fingerprint density at radius 1 is 1.33 bits per heavy atom. The Balaban J connectivity index is 1.92. The molecule has 4 nitrogen and oxygen atoms in total. The molecule has 0 aliphatic carbocycles. The van der Waals surface area contributed by atoms with E-state index in [1.54, 1.807) is 4.90 Å². The van der Waals surface area contributed by atoms with Crippen LogP contribution in [0.5, 0.6) is 0 Å². The molecule has 0 spiro atoms. The maximum absolute atomic E-state index is 11.1. The molecule has 0 saturated carbocycles. The van der Waals surface area contributed by atoms with E-state index < -0.39 is 0 Å². The lowest BCUT2D eigenvalue weighted by atomic mass is 9.88. The summed E-state index contributed by atoms with van der Waals surface area (Å²) in [5.74, 6) is 0.239. The number of carbonyl (C=O) groups excluding carboxylic acids is 2. The second-order valence-corrected chi connectivity index (χ2v) is 3.73. The highest BCUT2D eigenvalue weighted by atomic mass is 16.5. The molecule has 4 heteroatoms. The SMILES string of the molecule is O=C1C(=O)N2CC3COCC3C12. The summed E-state index contributed by atoms with van der Waals surface area (Å²) in [7, 11) is 0. The molecule has 0 N–H and O–H groups in total. The molecule has 0 radical (unpaired) electrons. The van der Waals surface area contributed by atoms with Crippen LogP contribution in [0.15, 0.2) is 0 Å². The van der Waals surface area contributed by atoms with Gasteiger partial charge in [0.15, 0.2) is 0 Å². The molecule has 3 unspecified atom stereocenters. The summed E-state index contributed by atoms with van der Waals surface area (Å²) < 4.78 is 5.26. The van der Waals surface area contributed by atoms with Crippen molar-refractivity contribution in [1.82, 2.24) is 4.90 Å². The van der Waals surface area contributed by atoms with Gasteiger partial charge in [-0.15, -0.1) is 0 Å². The minimum absolute atomic E-state index is 0.120. The van der Waals surface area contributed by atoms with Crippen LogP contribution in [0.1, 0.15) is 0 Å². The van der Waals surface area contributed by atoms with Crippen molar-refractivity contribution in [2.45, 2.75) is 6.04 Å². The van der Waals surface area contributed by atoms with Gasteiger partial charge in [0.05, 0.1) is 13.2 Å². The largest absolute Gasteiger partial charge is 0.381 e. The normalized spacial score (nSPS) is 44.3. The number of amides is 1. The van der Waals surface area contributed by atoms with Crippen LogP contribution < -0.4 is 0 Å². The van der Waals surface area contributed by atoms with Gasteiger partial charge in [0.25, 0.3) is 5.91 Å². The predicted octanol–water partition coefficient (Wildman–Crippen LogP) is -0.958. The van der Waals surface area contributed by atoms with Crippen LogP contribution in [0, 0.1) is 11.8 Å². The zero-order chi connectivity index (χ0) is 8.29. The molecule has 1 amide bonds. The van der Waals surface area contributed by atoms with E-state index in [4.69, 9.17) is 4.74 Å². The molecular weight excluding hydrogens is 158 g/mol. The molecule has 12 heavy (non-hydrogen) atoms. The minimum Gasteiger partial charge on any atom is -0.381 e. The molecule has 3 heterocycles. The number of ketones is 1. The topological polar surface area (TPSA) is 46.6 Å². The zero-order valence-electron chi connectivity index (χ0n) is 6.53. The zero-order valence-corrected chi connectivity index (χ0v) is 6.53. The first-order valence-electron chi connectivity index (χ1n) is 4.21. The lowest BCUT2D eigenvalue weighted by Gasteiger charge is -2.34. The first-order valence-corrected chi connectivity index (χ1v) is 4.21. The minimum atomic E-state index is -0.283. The van der Waals surface area contributed by atoms with Crippen molar-refractivity contribution < 1.29 is 14.3 Å². The molecule has 3 fully saturated rings. The van der Waals surface area contributed by atoms with Crippen LogP contribution in [-0.2, 0) is 14.3 Å². The number of carbonyl (C=O) groups is 2. The van der Waals surface area contributed by atoms with Gasteiger partial charge in [0.2, 0.25) is 5.78 Å². The predicted molar refractivity (Wildman–Crippen MR) is 38.3 cm³/mol. The summed E-state index contributed by atoms with van der Waals surface area (Å²) in [6.07, 6.45) is 0. The van der Waals surface area contributed by atoms with E-state index in [0.29, 0.717) is 18.4 Å². The number of hydrogen-bond acceptors (Lipinski definition) is 3. The number of fused-ring (bicyclic) bond motifs is 3. The fourth-order valence-corrected chi connectivity index (χ4v) is 2.50. The Morgan fingerprint density at radius 3 is 3.00 bits per heavy atom. The van der Waals surface area contributed by atoms with Gasteiger partial charge in [0.1, 0.15) is 6.04 Å². The highest BCUT2D eigenvalue weighted by Gasteiger charge is 2.59. The first-order chi connectivity index (χ1) is 5.79. The quantitative estimate of drug-likeness (QED) is 0.345. The second-order valence-electron chi connectivity index (χ2n) is 3.73. The van der Waals surface area contributed by atoms with Crippen LogP contribution >= 0.6 is 0 Å². The molecule has 3 rings (SSSR count). The lowest BCUT2D eigenvalue weighted by molar-refractivity contribution is -0.160. The second kappa shape index (κ2) is 1.88. The molecule has 0 bridgehead atoms. The van der Waals surface area contributed by atoms with Crippen LogP contribution in [0.3, 0.4) is 0 Å². The van der Waals surface area contributed by atoms with E-state index in [9.17, 15) is 9.59 Å². The standard InChI is InChI=1S/C8H9NO3/c10-7-6-5-3-12-2-4(5)1-9(6)8(7)11/h4-6H,1-3H2. The third-order valence-electron chi connectivity index (χ3n) is 3.16. The van der Waals surface area contributed by atoms with E-state index in [0.717, 1.165) is 13.2 Å². The van der Waals surface area contributed by atoms with Gasteiger partial charge < -0.3 is 9.64 Å². The number of β-lactam (4-membered cyclic amide) rings is 1. The van der Waals surface area contributed by atoms with Gasteiger partial charge in [0, 0.05) is 18.4 Å². The Hall–Kier alpha value is -0.900. The van der Waals surface area contributed by atoms with Gasteiger partial charge in [-0.3, -0.25) is 9.59 Å². The molecule has 0 aromatic heterocycles. The molecule has 3 aliphatic rings. The first kappa shape index (κ1) is 6.60. The maximum Gasteiger partial charge on any atom is 0.292 e.